The van der Waals surface area contributed by atoms with Crippen molar-refractivity contribution in [3.63, 3.8) is 0 Å². The predicted molar refractivity (Wildman–Crippen MR) is 125 cm³/mol. The molecular formula is C26H34N2O3. The van der Waals surface area contributed by atoms with Crippen LogP contribution in [0.1, 0.15) is 69.3 Å². The fourth-order valence-corrected chi connectivity index (χ4v) is 3.84. The Morgan fingerprint density at radius 2 is 1.55 bits per heavy atom. The van der Waals surface area contributed by atoms with Crippen LogP contribution in [-0.4, -0.2) is 18.2 Å². The van der Waals surface area contributed by atoms with Gasteiger partial charge in [0.15, 0.2) is 0 Å². The van der Waals surface area contributed by atoms with Crippen molar-refractivity contribution in [3.05, 3.63) is 59.7 Å². The molecule has 2 aromatic rings. The third kappa shape index (κ3) is 6.84. The zero-order valence-electron chi connectivity index (χ0n) is 19.1. The largest absolute Gasteiger partial charge is 0.494 e. The molecule has 3 rings (SSSR count). The highest BCUT2D eigenvalue weighted by Crippen LogP contribution is 2.36. The molecule has 5 nitrogen and oxygen atoms in total. The molecular weight excluding hydrogens is 388 g/mol. The molecule has 2 aromatic carbocycles. The molecule has 1 aliphatic carbocycles. The third-order valence-corrected chi connectivity index (χ3v) is 5.86. The number of amides is 1. The lowest BCUT2D eigenvalue weighted by molar-refractivity contribution is 0.0954. The number of rotatable bonds is 7. The van der Waals surface area contributed by atoms with Gasteiger partial charge in [0, 0.05) is 11.3 Å². The van der Waals surface area contributed by atoms with Crippen LogP contribution in [0.4, 0.5) is 0 Å². The van der Waals surface area contributed by atoms with Crippen molar-refractivity contribution in [2.45, 2.75) is 60.0 Å². The minimum Gasteiger partial charge on any atom is -0.494 e. The molecule has 1 saturated carbocycles. The van der Waals surface area contributed by atoms with Crippen LogP contribution >= 0.6 is 0 Å². The van der Waals surface area contributed by atoms with Gasteiger partial charge in [-0.25, -0.2) is 5.43 Å². The molecule has 31 heavy (non-hydrogen) atoms. The number of ether oxygens (including phenoxy) is 2. The normalized spacial score (nSPS) is 16.5. The summed E-state index contributed by atoms with van der Waals surface area (Å²) < 4.78 is 11.2. The van der Waals surface area contributed by atoms with Crippen LogP contribution in [0.2, 0.25) is 0 Å². The van der Waals surface area contributed by atoms with Crippen LogP contribution in [0.25, 0.3) is 0 Å². The Bertz CT molecular complexity index is 870. The van der Waals surface area contributed by atoms with Crippen LogP contribution in [0.5, 0.6) is 11.5 Å². The number of nitrogens with one attached hydrogen (secondary N) is 1. The average Bonchev–Trinajstić information content (AvgIpc) is 2.77. The molecule has 1 aliphatic rings. The van der Waals surface area contributed by atoms with Crippen molar-refractivity contribution in [1.82, 2.24) is 5.43 Å². The van der Waals surface area contributed by atoms with E-state index in [-0.39, 0.29) is 5.91 Å². The van der Waals surface area contributed by atoms with E-state index in [4.69, 9.17) is 9.47 Å². The topological polar surface area (TPSA) is 59.9 Å². The summed E-state index contributed by atoms with van der Waals surface area (Å²) in [5.74, 6) is 2.15. The van der Waals surface area contributed by atoms with Crippen molar-refractivity contribution < 1.29 is 14.3 Å². The van der Waals surface area contributed by atoms with Gasteiger partial charge in [0.2, 0.25) is 0 Å². The SMILES string of the molecule is CCOc1ccc(OCc2ccc(C(=O)NN=C3CCC(C(C)(C)C)CC3)cc2)cc1. The van der Waals surface area contributed by atoms with Crippen LogP contribution in [0.15, 0.2) is 53.6 Å². The van der Waals surface area contributed by atoms with Gasteiger partial charge in [-0.05, 0) is 85.9 Å². The molecule has 166 valence electrons. The third-order valence-electron chi connectivity index (χ3n) is 5.86. The van der Waals surface area contributed by atoms with E-state index in [1.54, 1.807) is 0 Å². The highest BCUT2D eigenvalue weighted by atomic mass is 16.5. The number of hydrogen-bond acceptors (Lipinski definition) is 4. The summed E-state index contributed by atoms with van der Waals surface area (Å²) in [6, 6.07) is 15.0. The van der Waals surface area contributed by atoms with Crippen LogP contribution < -0.4 is 14.9 Å². The first-order chi connectivity index (χ1) is 14.8. The molecule has 0 radical (unpaired) electrons. The lowest BCUT2D eigenvalue weighted by Crippen LogP contribution is -2.27. The molecule has 1 fully saturated rings. The summed E-state index contributed by atoms with van der Waals surface area (Å²) in [6.45, 7) is 9.94. The molecule has 5 heteroatoms. The number of hydrogen-bond donors (Lipinski definition) is 1. The minimum atomic E-state index is -0.176. The van der Waals surface area contributed by atoms with Crippen molar-refractivity contribution in [2.24, 2.45) is 16.4 Å². The number of carbonyl (C=O) groups is 1. The zero-order chi connectivity index (χ0) is 22.3. The molecule has 0 bridgehead atoms. The van der Waals surface area contributed by atoms with Gasteiger partial charge >= 0.3 is 0 Å². The second-order valence-corrected chi connectivity index (χ2v) is 9.15. The van der Waals surface area contributed by atoms with Crippen LogP contribution in [0, 0.1) is 11.3 Å². The summed E-state index contributed by atoms with van der Waals surface area (Å²) in [4.78, 5) is 12.4. The van der Waals surface area contributed by atoms with Crippen LogP contribution in [0.3, 0.4) is 0 Å². The standard InChI is InChI=1S/C26H34N2O3/c1-5-30-23-14-16-24(17-15-23)31-18-19-6-8-20(9-7-19)25(29)28-27-22-12-10-21(11-13-22)26(2,3)4/h6-9,14-17,21H,5,10-13,18H2,1-4H3,(H,28,29). The summed E-state index contributed by atoms with van der Waals surface area (Å²) in [5.41, 5.74) is 5.75. The first-order valence-corrected chi connectivity index (χ1v) is 11.2. The highest BCUT2D eigenvalue weighted by Gasteiger charge is 2.28. The van der Waals surface area contributed by atoms with Gasteiger partial charge in [-0.1, -0.05) is 32.9 Å². The Balaban J connectivity index is 1.46. The monoisotopic (exact) mass is 422 g/mol. The first kappa shape index (κ1) is 22.9. The van der Waals surface area contributed by atoms with Gasteiger partial charge in [-0.2, -0.15) is 5.10 Å². The summed E-state index contributed by atoms with van der Waals surface area (Å²) in [6.07, 6.45) is 4.20. The number of benzene rings is 2. The van der Waals surface area contributed by atoms with E-state index in [0.717, 1.165) is 54.4 Å². The van der Waals surface area contributed by atoms with Crippen molar-refractivity contribution in [3.8, 4) is 11.5 Å². The van der Waals surface area contributed by atoms with E-state index >= 15 is 0 Å². The Hall–Kier alpha value is -2.82. The lowest BCUT2D eigenvalue weighted by Gasteiger charge is -2.34. The molecule has 0 aliphatic heterocycles. The summed E-state index contributed by atoms with van der Waals surface area (Å²) in [5, 5.41) is 4.38. The fourth-order valence-electron chi connectivity index (χ4n) is 3.84. The molecule has 0 spiro atoms. The van der Waals surface area contributed by atoms with Gasteiger partial charge < -0.3 is 9.47 Å². The van der Waals surface area contributed by atoms with E-state index < -0.39 is 0 Å². The summed E-state index contributed by atoms with van der Waals surface area (Å²) >= 11 is 0. The van der Waals surface area contributed by atoms with E-state index in [9.17, 15) is 4.79 Å². The van der Waals surface area contributed by atoms with E-state index in [1.165, 1.54) is 0 Å². The van der Waals surface area contributed by atoms with Crippen LogP contribution in [-0.2, 0) is 6.61 Å². The minimum absolute atomic E-state index is 0.176. The molecule has 1 N–H and O–H groups in total. The lowest BCUT2D eigenvalue weighted by atomic mass is 9.72. The molecule has 0 heterocycles. The first-order valence-electron chi connectivity index (χ1n) is 11.2. The van der Waals surface area contributed by atoms with Crippen molar-refractivity contribution in [2.75, 3.05) is 6.61 Å². The second-order valence-electron chi connectivity index (χ2n) is 9.15. The summed E-state index contributed by atoms with van der Waals surface area (Å²) in [7, 11) is 0. The predicted octanol–water partition coefficient (Wildman–Crippen LogP) is 5.99. The number of nitrogens with zero attached hydrogens (tertiary/aromatic N) is 1. The Morgan fingerprint density at radius 1 is 0.968 bits per heavy atom. The van der Waals surface area contributed by atoms with Gasteiger partial charge in [-0.15, -0.1) is 0 Å². The zero-order valence-corrected chi connectivity index (χ0v) is 19.1. The molecule has 0 saturated heterocycles. The van der Waals surface area contributed by atoms with Gasteiger partial charge in [0.1, 0.15) is 18.1 Å². The maximum absolute atomic E-state index is 12.4. The van der Waals surface area contributed by atoms with Crippen molar-refractivity contribution >= 4 is 11.6 Å². The van der Waals surface area contributed by atoms with E-state index in [2.05, 4.69) is 31.3 Å². The number of hydrazone groups is 1. The fraction of sp³-hybridized carbons (Fsp3) is 0.462. The molecule has 0 unspecified atom stereocenters. The Kier molecular flexibility index (Phi) is 7.72. The smallest absolute Gasteiger partial charge is 0.271 e. The Morgan fingerprint density at radius 3 is 2.10 bits per heavy atom. The Labute approximate surface area is 185 Å². The number of carbonyl (C=O) groups excluding carboxylic acids is 1. The van der Waals surface area contributed by atoms with Gasteiger partial charge in [-0.3, -0.25) is 4.79 Å². The molecule has 0 aromatic heterocycles. The second kappa shape index (κ2) is 10.5. The van der Waals surface area contributed by atoms with E-state index in [0.29, 0.717) is 24.2 Å². The average molecular weight is 423 g/mol. The van der Waals surface area contributed by atoms with Gasteiger partial charge in [0.05, 0.1) is 6.61 Å². The van der Waals surface area contributed by atoms with Crippen molar-refractivity contribution in [1.29, 1.82) is 0 Å². The maximum Gasteiger partial charge on any atom is 0.271 e. The van der Waals surface area contributed by atoms with E-state index in [1.807, 2.05) is 55.5 Å². The molecule has 0 atom stereocenters. The highest BCUT2D eigenvalue weighted by molar-refractivity contribution is 5.95. The quantitative estimate of drug-likeness (QED) is 0.558. The molecule has 1 amide bonds. The maximum atomic E-state index is 12.4. The van der Waals surface area contributed by atoms with Gasteiger partial charge in [0.25, 0.3) is 5.91 Å².